The van der Waals surface area contributed by atoms with Crippen LogP contribution in [0.15, 0.2) is 52.1 Å². The maximum atomic E-state index is 14.2. The second-order valence-electron chi connectivity index (χ2n) is 8.80. The molecule has 1 heterocycles. The zero-order valence-electron chi connectivity index (χ0n) is 21.9. The van der Waals surface area contributed by atoms with Gasteiger partial charge in [-0.15, -0.1) is 0 Å². The first-order valence-electron chi connectivity index (χ1n) is 11.8. The molecule has 206 valence electrons. The Morgan fingerprint density at radius 3 is 2.10 bits per heavy atom. The fourth-order valence-electron chi connectivity index (χ4n) is 3.96. The van der Waals surface area contributed by atoms with Crippen molar-refractivity contribution in [1.82, 2.24) is 14.5 Å². The molecular formula is C27H27F2N3O7. The molecule has 1 N–H and O–H groups in total. The van der Waals surface area contributed by atoms with Crippen LogP contribution in [0.1, 0.15) is 35.5 Å². The predicted octanol–water partition coefficient (Wildman–Crippen LogP) is 2.13. The van der Waals surface area contributed by atoms with Gasteiger partial charge >= 0.3 is 17.6 Å². The van der Waals surface area contributed by atoms with E-state index >= 15 is 0 Å². The molecule has 3 aromatic rings. The average molecular weight is 544 g/mol. The molecule has 0 saturated carbocycles. The third-order valence-electron chi connectivity index (χ3n) is 6.03. The zero-order valence-corrected chi connectivity index (χ0v) is 21.9. The summed E-state index contributed by atoms with van der Waals surface area (Å²) >= 11 is 0. The maximum absolute atomic E-state index is 14.2. The number of hydrogen-bond acceptors (Lipinski definition) is 7. The quantitative estimate of drug-likeness (QED) is 0.341. The van der Waals surface area contributed by atoms with Crippen LogP contribution in [0.3, 0.4) is 0 Å². The lowest BCUT2D eigenvalue weighted by atomic mass is 10.00. The van der Waals surface area contributed by atoms with E-state index in [9.17, 15) is 32.8 Å². The molecule has 12 heteroatoms. The Hall–Kier alpha value is -4.61. The molecule has 0 fully saturated rings. The van der Waals surface area contributed by atoms with Gasteiger partial charge in [-0.1, -0.05) is 30.3 Å². The molecule has 0 saturated heterocycles. The molecule has 3 rings (SSSR count). The van der Waals surface area contributed by atoms with Crippen molar-refractivity contribution < 1.29 is 32.6 Å². The number of esters is 2. The number of carbonyl (C=O) groups is 3. The van der Waals surface area contributed by atoms with Crippen molar-refractivity contribution in [2.24, 2.45) is 14.1 Å². The van der Waals surface area contributed by atoms with Crippen LogP contribution in [0.2, 0.25) is 0 Å². The second-order valence-corrected chi connectivity index (χ2v) is 8.80. The van der Waals surface area contributed by atoms with Crippen LogP contribution < -0.4 is 16.6 Å². The summed E-state index contributed by atoms with van der Waals surface area (Å²) in [4.78, 5) is 61.7. The van der Waals surface area contributed by atoms with Crippen molar-refractivity contribution in [3.8, 4) is 11.1 Å². The highest BCUT2D eigenvalue weighted by Crippen LogP contribution is 2.20. The summed E-state index contributed by atoms with van der Waals surface area (Å²) in [5, 5.41) is 2.28. The number of aromatic nitrogens is 2. The zero-order chi connectivity index (χ0) is 29.0. The van der Waals surface area contributed by atoms with Gasteiger partial charge in [0.2, 0.25) is 6.29 Å². The molecule has 2 atom stereocenters. The summed E-state index contributed by atoms with van der Waals surface area (Å²) in [6.45, 7) is 4.05. The number of ether oxygens (including phenoxy) is 2. The fraction of sp³-hybridized carbons (Fsp3) is 0.296. The van der Waals surface area contributed by atoms with Gasteiger partial charge < -0.3 is 19.4 Å². The SMILES string of the molecule is CC(=O)OC(C)OC(=O)[C@H](Cc1ccc(-c2c(C)n(C)c(=O)n(C)c2=O)cc1)NC(=O)c1c(F)cccc1F. The van der Waals surface area contributed by atoms with Crippen LogP contribution >= 0.6 is 0 Å². The molecule has 2 aromatic carbocycles. The van der Waals surface area contributed by atoms with E-state index in [0.29, 0.717) is 22.4 Å². The minimum atomic E-state index is -1.42. The Labute approximate surface area is 221 Å². The van der Waals surface area contributed by atoms with E-state index in [1.807, 2.05) is 0 Å². The van der Waals surface area contributed by atoms with Crippen molar-refractivity contribution in [3.05, 3.63) is 91.8 Å². The predicted molar refractivity (Wildman–Crippen MR) is 136 cm³/mol. The summed E-state index contributed by atoms with van der Waals surface area (Å²) in [6, 6.07) is 7.85. The third kappa shape index (κ3) is 6.46. The van der Waals surface area contributed by atoms with E-state index < -0.39 is 58.6 Å². The normalized spacial score (nSPS) is 12.4. The van der Waals surface area contributed by atoms with Gasteiger partial charge in [-0.25, -0.2) is 18.4 Å². The van der Waals surface area contributed by atoms with E-state index in [1.165, 1.54) is 18.5 Å². The van der Waals surface area contributed by atoms with Crippen molar-refractivity contribution in [2.45, 2.75) is 39.5 Å². The smallest absolute Gasteiger partial charge is 0.332 e. The maximum Gasteiger partial charge on any atom is 0.332 e. The molecule has 0 aliphatic heterocycles. The van der Waals surface area contributed by atoms with Crippen LogP contribution in [0.5, 0.6) is 0 Å². The molecule has 0 aliphatic rings. The highest BCUT2D eigenvalue weighted by atomic mass is 19.1. The third-order valence-corrected chi connectivity index (χ3v) is 6.03. The highest BCUT2D eigenvalue weighted by Gasteiger charge is 2.28. The van der Waals surface area contributed by atoms with Crippen molar-refractivity contribution in [1.29, 1.82) is 0 Å². The second kappa shape index (κ2) is 11.8. The first-order chi connectivity index (χ1) is 18.3. The van der Waals surface area contributed by atoms with Gasteiger partial charge in [-0.3, -0.25) is 19.0 Å². The minimum Gasteiger partial charge on any atom is -0.426 e. The number of amides is 1. The first-order valence-corrected chi connectivity index (χ1v) is 11.8. The Morgan fingerprint density at radius 2 is 1.54 bits per heavy atom. The molecule has 1 aromatic heterocycles. The Bertz CT molecular complexity index is 1520. The molecule has 0 radical (unpaired) electrons. The van der Waals surface area contributed by atoms with Crippen LogP contribution in [0, 0.1) is 18.6 Å². The Kier molecular flexibility index (Phi) is 8.79. The van der Waals surface area contributed by atoms with Gasteiger partial charge in [0.15, 0.2) is 0 Å². The van der Waals surface area contributed by atoms with Crippen LogP contribution in [0.4, 0.5) is 8.78 Å². The lowest BCUT2D eigenvalue weighted by Crippen LogP contribution is -2.45. The highest BCUT2D eigenvalue weighted by molar-refractivity contribution is 5.97. The topological polar surface area (TPSA) is 126 Å². The number of nitrogens with zero attached hydrogens (tertiary/aromatic N) is 2. The molecule has 0 aliphatic carbocycles. The average Bonchev–Trinajstić information content (AvgIpc) is 2.86. The van der Waals surface area contributed by atoms with Crippen LogP contribution in [-0.2, 0) is 39.6 Å². The van der Waals surface area contributed by atoms with Crippen LogP contribution in [-0.4, -0.2) is 39.3 Å². The van der Waals surface area contributed by atoms with E-state index in [2.05, 4.69) is 5.32 Å². The minimum absolute atomic E-state index is 0.169. The number of rotatable bonds is 8. The van der Waals surface area contributed by atoms with E-state index in [1.54, 1.807) is 38.2 Å². The van der Waals surface area contributed by atoms with Gasteiger partial charge in [-0.05, 0) is 30.2 Å². The summed E-state index contributed by atoms with van der Waals surface area (Å²) in [5.41, 5.74) is -0.0640. The van der Waals surface area contributed by atoms with E-state index in [4.69, 9.17) is 9.47 Å². The number of halogens is 2. The Morgan fingerprint density at radius 1 is 0.949 bits per heavy atom. The van der Waals surface area contributed by atoms with Gasteiger partial charge in [0, 0.05) is 40.1 Å². The number of benzene rings is 2. The summed E-state index contributed by atoms with van der Waals surface area (Å²) < 4.78 is 40.5. The van der Waals surface area contributed by atoms with Crippen molar-refractivity contribution in [2.75, 3.05) is 0 Å². The van der Waals surface area contributed by atoms with Crippen LogP contribution in [0.25, 0.3) is 11.1 Å². The largest absolute Gasteiger partial charge is 0.426 e. The lowest BCUT2D eigenvalue weighted by molar-refractivity contribution is -0.184. The summed E-state index contributed by atoms with van der Waals surface area (Å²) in [7, 11) is 2.92. The summed E-state index contributed by atoms with van der Waals surface area (Å²) in [5.74, 6) is -5.15. The van der Waals surface area contributed by atoms with Gasteiger partial charge in [0.05, 0.1) is 5.56 Å². The van der Waals surface area contributed by atoms with Gasteiger partial charge in [0.25, 0.3) is 11.5 Å². The number of nitrogens with one attached hydrogen (secondary N) is 1. The Balaban J connectivity index is 1.92. The molecule has 10 nitrogen and oxygen atoms in total. The lowest BCUT2D eigenvalue weighted by Gasteiger charge is -2.21. The van der Waals surface area contributed by atoms with E-state index in [0.717, 1.165) is 29.7 Å². The molecular weight excluding hydrogens is 516 g/mol. The first kappa shape index (κ1) is 29.0. The molecule has 0 spiro atoms. The molecule has 0 bridgehead atoms. The van der Waals surface area contributed by atoms with Gasteiger partial charge in [0.1, 0.15) is 23.2 Å². The molecule has 39 heavy (non-hydrogen) atoms. The molecule has 1 unspecified atom stereocenters. The standard InChI is InChI=1S/C27H27F2N3O7/c1-14-22(25(35)32(5)27(37)31(14)4)18-11-9-17(10-12-18)13-21(26(36)39-16(3)38-15(2)33)30-24(34)23-19(28)7-6-8-20(23)29/h6-12,16,21H,13H2,1-5H3,(H,30,34)/t16?,21-/m0/s1. The molecule has 1 amide bonds. The monoisotopic (exact) mass is 543 g/mol. The number of carbonyl (C=O) groups excluding carboxylic acids is 3. The van der Waals surface area contributed by atoms with E-state index in [-0.39, 0.29) is 6.42 Å². The van der Waals surface area contributed by atoms with Crippen molar-refractivity contribution >= 4 is 17.8 Å². The fourth-order valence-corrected chi connectivity index (χ4v) is 3.96. The van der Waals surface area contributed by atoms with Gasteiger partial charge in [-0.2, -0.15) is 0 Å². The van der Waals surface area contributed by atoms with Crippen molar-refractivity contribution in [3.63, 3.8) is 0 Å². The number of hydrogen-bond donors (Lipinski definition) is 1. The summed E-state index contributed by atoms with van der Waals surface area (Å²) in [6.07, 6.45) is -1.45.